The summed E-state index contributed by atoms with van der Waals surface area (Å²) in [5.74, 6) is 0. The van der Waals surface area contributed by atoms with E-state index in [-0.39, 0.29) is 6.61 Å². The Bertz CT molecular complexity index is 343. The van der Waals surface area contributed by atoms with Gasteiger partial charge < -0.3 is 5.11 Å². The van der Waals surface area contributed by atoms with Crippen molar-refractivity contribution in [2.24, 2.45) is 0 Å². The Morgan fingerprint density at radius 3 is 2.60 bits per heavy atom. The Balaban J connectivity index is 2.27. The second-order valence-corrected chi connectivity index (χ2v) is 4.61. The molecule has 2 rings (SSSR count). The fraction of sp³-hybridized carbons (Fsp3) is 0.727. The number of aliphatic hydroxyl groups is 1. The summed E-state index contributed by atoms with van der Waals surface area (Å²) in [5, 5.41) is 14.2. The van der Waals surface area contributed by atoms with Crippen LogP contribution in [0.4, 0.5) is 0 Å². The quantitative estimate of drug-likeness (QED) is 0.846. The third-order valence-corrected chi connectivity index (χ3v) is 3.62. The topological polar surface area (TPSA) is 38.0 Å². The van der Waals surface area contributed by atoms with Crippen LogP contribution in [0.2, 0.25) is 5.15 Å². The molecule has 84 valence electrons. The molecule has 1 aromatic heterocycles. The van der Waals surface area contributed by atoms with Gasteiger partial charge in [0.05, 0.1) is 18.3 Å². The molecule has 1 fully saturated rings. The first-order valence-electron chi connectivity index (χ1n) is 5.58. The maximum atomic E-state index is 9.17. The highest BCUT2D eigenvalue weighted by molar-refractivity contribution is 6.30. The van der Waals surface area contributed by atoms with E-state index in [4.69, 9.17) is 11.6 Å². The Hall–Kier alpha value is -0.540. The number of aryl methyl sites for hydroxylation is 1. The highest BCUT2D eigenvalue weighted by atomic mass is 35.5. The van der Waals surface area contributed by atoms with E-state index in [9.17, 15) is 5.11 Å². The molecule has 1 saturated carbocycles. The first kappa shape index (κ1) is 11.0. The van der Waals surface area contributed by atoms with Gasteiger partial charge in [-0.1, -0.05) is 30.9 Å². The summed E-state index contributed by atoms with van der Waals surface area (Å²) < 4.78 is 1.90. The van der Waals surface area contributed by atoms with E-state index >= 15 is 0 Å². The van der Waals surface area contributed by atoms with Crippen molar-refractivity contribution in [3.05, 3.63) is 16.4 Å². The van der Waals surface area contributed by atoms with Crippen molar-refractivity contribution in [2.45, 2.75) is 51.7 Å². The van der Waals surface area contributed by atoms with Gasteiger partial charge in [-0.2, -0.15) is 5.10 Å². The summed E-state index contributed by atoms with van der Waals surface area (Å²) in [6.07, 6.45) is 6.15. The van der Waals surface area contributed by atoms with Crippen LogP contribution in [0.1, 0.15) is 49.4 Å². The predicted octanol–water partition coefficient (Wildman–Crippen LogP) is 2.84. The monoisotopic (exact) mass is 228 g/mol. The number of rotatable bonds is 2. The maximum Gasteiger partial charge on any atom is 0.133 e. The van der Waals surface area contributed by atoms with Crippen molar-refractivity contribution in [3.63, 3.8) is 0 Å². The van der Waals surface area contributed by atoms with E-state index in [1.807, 2.05) is 11.6 Å². The summed E-state index contributed by atoms with van der Waals surface area (Å²) in [6, 6.07) is 0.435. The minimum absolute atomic E-state index is 0.0165. The number of aromatic nitrogens is 2. The first-order chi connectivity index (χ1) is 7.24. The lowest BCUT2D eigenvalue weighted by atomic mass is 9.96. The van der Waals surface area contributed by atoms with Crippen LogP contribution in [-0.2, 0) is 6.61 Å². The molecular weight excluding hydrogens is 212 g/mol. The van der Waals surface area contributed by atoms with Crippen molar-refractivity contribution >= 4 is 11.6 Å². The summed E-state index contributed by atoms with van der Waals surface area (Å²) in [5.41, 5.74) is 1.63. The Labute approximate surface area is 95.0 Å². The van der Waals surface area contributed by atoms with Gasteiger partial charge in [-0.3, -0.25) is 4.68 Å². The maximum absolute atomic E-state index is 9.17. The van der Waals surface area contributed by atoms with Gasteiger partial charge in [0.1, 0.15) is 5.15 Å². The van der Waals surface area contributed by atoms with Crippen LogP contribution in [0.15, 0.2) is 0 Å². The van der Waals surface area contributed by atoms with Gasteiger partial charge in [0, 0.05) is 5.56 Å². The molecule has 1 N–H and O–H groups in total. The van der Waals surface area contributed by atoms with Gasteiger partial charge in [0.25, 0.3) is 0 Å². The zero-order valence-corrected chi connectivity index (χ0v) is 9.80. The van der Waals surface area contributed by atoms with Crippen molar-refractivity contribution < 1.29 is 5.11 Å². The van der Waals surface area contributed by atoms with E-state index in [2.05, 4.69) is 5.10 Å². The van der Waals surface area contributed by atoms with Crippen molar-refractivity contribution in [3.8, 4) is 0 Å². The predicted molar refractivity (Wildman–Crippen MR) is 60.0 cm³/mol. The molecule has 0 amide bonds. The summed E-state index contributed by atoms with van der Waals surface area (Å²) in [4.78, 5) is 0. The molecule has 3 nitrogen and oxygen atoms in total. The van der Waals surface area contributed by atoms with Gasteiger partial charge in [-0.15, -0.1) is 0 Å². The number of nitrogens with zero attached hydrogens (tertiary/aromatic N) is 2. The summed E-state index contributed by atoms with van der Waals surface area (Å²) >= 11 is 6.20. The summed E-state index contributed by atoms with van der Waals surface area (Å²) in [7, 11) is 0. The smallest absolute Gasteiger partial charge is 0.133 e. The molecule has 1 aromatic rings. The van der Waals surface area contributed by atoms with Gasteiger partial charge in [-0.25, -0.2) is 0 Å². The average Bonchev–Trinajstić information content (AvgIpc) is 2.55. The van der Waals surface area contributed by atoms with Gasteiger partial charge >= 0.3 is 0 Å². The standard InChI is InChI=1S/C11H17ClN2O/c1-8-10(7-15)11(12)14(13-8)9-5-3-2-4-6-9/h9,15H,2-7H2,1H3. The zero-order chi connectivity index (χ0) is 10.8. The number of hydrogen-bond donors (Lipinski definition) is 1. The van der Waals surface area contributed by atoms with Crippen molar-refractivity contribution in [2.75, 3.05) is 0 Å². The molecule has 0 saturated heterocycles. The molecule has 0 aromatic carbocycles. The largest absolute Gasteiger partial charge is 0.391 e. The first-order valence-corrected chi connectivity index (χ1v) is 5.96. The fourth-order valence-corrected chi connectivity index (χ4v) is 2.67. The molecule has 0 radical (unpaired) electrons. The van der Waals surface area contributed by atoms with Crippen LogP contribution < -0.4 is 0 Å². The van der Waals surface area contributed by atoms with Crippen molar-refractivity contribution in [1.29, 1.82) is 0 Å². The van der Waals surface area contributed by atoms with Crippen molar-refractivity contribution in [1.82, 2.24) is 9.78 Å². The fourth-order valence-electron chi connectivity index (χ4n) is 2.30. The highest BCUT2D eigenvalue weighted by Gasteiger charge is 2.21. The molecule has 0 aliphatic heterocycles. The number of aliphatic hydroxyl groups excluding tert-OH is 1. The van der Waals surface area contributed by atoms with E-state index in [0.29, 0.717) is 11.2 Å². The summed E-state index contributed by atoms with van der Waals surface area (Å²) in [6.45, 7) is 1.88. The number of halogens is 1. The van der Waals surface area contributed by atoms with E-state index < -0.39 is 0 Å². The zero-order valence-electron chi connectivity index (χ0n) is 9.04. The lowest BCUT2D eigenvalue weighted by molar-refractivity contribution is 0.280. The van der Waals surface area contributed by atoms with Crippen LogP contribution >= 0.6 is 11.6 Å². The average molecular weight is 229 g/mol. The van der Waals surface area contributed by atoms with Gasteiger partial charge in [-0.05, 0) is 19.8 Å². The minimum Gasteiger partial charge on any atom is -0.391 e. The molecule has 1 aliphatic carbocycles. The Morgan fingerprint density at radius 1 is 1.40 bits per heavy atom. The van der Waals surface area contributed by atoms with E-state index in [1.54, 1.807) is 0 Å². The molecule has 0 atom stereocenters. The van der Waals surface area contributed by atoms with Crippen LogP contribution in [0.5, 0.6) is 0 Å². The lowest BCUT2D eigenvalue weighted by Gasteiger charge is -2.22. The Morgan fingerprint density at radius 2 is 2.07 bits per heavy atom. The highest BCUT2D eigenvalue weighted by Crippen LogP contribution is 2.32. The molecule has 1 heterocycles. The van der Waals surface area contributed by atoms with E-state index in [0.717, 1.165) is 24.1 Å². The van der Waals surface area contributed by atoms with Crippen LogP contribution in [-0.4, -0.2) is 14.9 Å². The van der Waals surface area contributed by atoms with Crippen LogP contribution in [0, 0.1) is 6.92 Å². The molecule has 0 bridgehead atoms. The Kier molecular flexibility index (Phi) is 3.32. The van der Waals surface area contributed by atoms with Gasteiger partial charge in [0.2, 0.25) is 0 Å². The lowest BCUT2D eigenvalue weighted by Crippen LogP contribution is -2.14. The molecule has 1 aliphatic rings. The molecule has 15 heavy (non-hydrogen) atoms. The second kappa shape index (κ2) is 4.54. The van der Waals surface area contributed by atoms with Crippen LogP contribution in [0.3, 0.4) is 0 Å². The molecular formula is C11H17ClN2O. The van der Waals surface area contributed by atoms with E-state index in [1.165, 1.54) is 19.3 Å². The third kappa shape index (κ3) is 2.04. The molecule has 0 unspecified atom stereocenters. The second-order valence-electron chi connectivity index (χ2n) is 4.25. The number of hydrogen-bond acceptors (Lipinski definition) is 2. The third-order valence-electron chi connectivity index (χ3n) is 3.22. The molecule has 0 spiro atoms. The van der Waals surface area contributed by atoms with Gasteiger partial charge in [0.15, 0.2) is 0 Å². The van der Waals surface area contributed by atoms with Crippen LogP contribution in [0.25, 0.3) is 0 Å². The minimum atomic E-state index is -0.0165. The molecule has 4 heteroatoms. The normalized spacial score (nSPS) is 18.3. The SMILES string of the molecule is Cc1nn(C2CCCCC2)c(Cl)c1CO.